The van der Waals surface area contributed by atoms with E-state index in [2.05, 4.69) is 0 Å². The van der Waals surface area contributed by atoms with Crippen LogP contribution in [0.2, 0.25) is 0 Å². The van der Waals surface area contributed by atoms with Gasteiger partial charge in [0.1, 0.15) is 17.4 Å². The minimum atomic E-state index is -1.03. The summed E-state index contributed by atoms with van der Waals surface area (Å²) in [5.74, 6) is -2.29. The van der Waals surface area contributed by atoms with Gasteiger partial charge in [0.2, 0.25) is 0 Å². The molecule has 2 aromatic carbocycles. The molecule has 0 amide bonds. The highest BCUT2D eigenvalue weighted by Gasteiger charge is 2.34. The SMILES string of the molecule is CC(=O)Oc1cccc2c1Cc1c(OC(C)=O)cccc1C2C(=O)O. The van der Waals surface area contributed by atoms with E-state index in [0.29, 0.717) is 40.2 Å². The lowest BCUT2D eigenvalue weighted by atomic mass is 9.77. The van der Waals surface area contributed by atoms with Crippen molar-refractivity contribution < 1.29 is 29.0 Å². The summed E-state index contributed by atoms with van der Waals surface area (Å²) in [6.45, 7) is 2.57. The van der Waals surface area contributed by atoms with E-state index in [1.54, 1.807) is 36.4 Å². The third-order valence-electron chi connectivity index (χ3n) is 4.07. The first kappa shape index (κ1) is 16.7. The number of rotatable bonds is 3. The van der Waals surface area contributed by atoms with Crippen molar-refractivity contribution in [3.05, 3.63) is 58.7 Å². The van der Waals surface area contributed by atoms with Gasteiger partial charge < -0.3 is 14.6 Å². The van der Waals surface area contributed by atoms with E-state index in [1.165, 1.54) is 13.8 Å². The zero-order valence-corrected chi connectivity index (χ0v) is 13.7. The first-order valence-corrected chi connectivity index (χ1v) is 7.71. The molecule has 25 heavy (non-hydrogen) atoms. The molecule has 128 valence electrons. The number of carboxylic acids is 1. The molecule has 1 aliphatic carbocycles. The van der Waals surface area contributed by atoms with Crippen molar-refractivity contribution in [1.82, 2.24) is 0 Å². The summed E-state index contributed by atoms with van der Waals surface area (Å²) in [7, 11) is 0. The van der Waals surface area contributed by atoms with Crippen LogP contribution in [0, 0.1) is 0 Å². The van der Waals surface area contributed by atoms with Crippen LogP contribution in [0.15, 0.2) is 36.4 Å². The number of carboxylic acid groups (broad SMARTS) is 1. The molecular formula is C19H16O6. The van der Waals surface area contributed by atoms with Crippen LogP contribution in [0.3, 0.4) is 0 Å². The fourth-order valence-electron chi connectivity index (χ4n) is 3.20. The van der Waals surface area contributed by atoms with E-state index < -0.39 is 23.8 Å². The maximum atomic E-state index is 11.9. The molecule has 6 nitrogen and oxygen atoms in total. The molecule has 0 saturated heterocycles. The molecule has 2 aromatic rings. The Hall–Kier alpha value is -3.15. The van der Waals surface area contributed by atoms with E-state index in [1.807, 2.05) is 0 Å². The van der Waals surface area contributed by atoms with Gasteiger partial charge in [-0.05, 0) is 23.3 Å². The van der Waals surface area contributed by atoms with Gasteiger partial charge >= 0.3 is 17.9 Å². The van der Waals surface area contributed by atoms with Gasteiger partial charge in [0, 0.05) is 31.4 Å². The number of hydrogen-bond donors (Lipinski definition) is 1. The molecule has 0 bridgehead atoms. The normalized spacial score (nSPS) is 12.7. The van der Waals surface area contributed by atoms with Gasteiger partial charge in [-0.3, -0.25) is 14.4 Å². The number of ether oxygens (including phenoxy) is 2. The number of benzene rings is 2. The molecule has 0 saturated carbocycles. The van der Waals surface area contributed by atoms with E-state index in [-0.39, 0.29) is 0 Å². The Morgan fingerprint density at radius 1 is 0.880 bits per heavy atom. The summed E-state index contributed by atoms with van der Waals surface area (Å²) >= 11 is 0. The number of carbonyl (C=O) groups is 3. The monoisotopic (exact) mass is 340 g/mol. The number of aliphatic carboxylic acids is 1. The van der Waals surface area contributed by atoms with Crippen LogP contribution in [0.4, 0.5) is 0 Å². The Kier molecular flexibility index (Phi) is 4.27. The van der Waals surface area contributed by atoms with Crippen molar-refractivity contribution >= 4 is 17.9 Å². The van der Waals surface area contributed by atoms with Crippen molar-refractivity contribution in [3.8, 4) is 11.5 Å². The molecule has 0 aliphatic heterocycles. The van der Waals surface area contributed by atoms with Gasteiger partial charge in [-0.2, -0.15) is 0 Å². The minimum absolute atomic E-state index is 0.307. The van der Waals surface area contributed by atoms with Crippen molar-refractivity contribution in [2.75, 3.05) is 0 Å². The van der Waals surface area contributed by atoms with Gasteiger partial charge in [-0.15, -0.1) is 0 Å². The highest BCUT2D eigenvalue weighted by atomic mass is 16.5. The van der Waals surface area contributed by atoms with Gasteiger partial charge in [0.05, 0.1) is 0 Å². The zero-order valence-electron chi connectivity index (χ0n) is 13.7. The molecule has 0 spiro atoms. The molecule has 0 unspecified atom stereocenters. The highest BCUT2D eigenvalue weighted by molar-refractivity contribution is 5.84. The highest BCUT2D eigenvalue weighted by Crippen LogP contribution is 2.43. The second-order valence-electron chi connectivity index (χ2n) is 5.78. The van der Waals surface area contributed by atoms with E-state index in [4.69, 9.17) is 9.47 Å². The third-order valence-corrected chi connectivity index (χ3v) is 4.07. The average molecular weight is 340 g/mol. The van der Waals surface area contributed by atoms with Crippen molar-refractivity contribution in [2.45, 2.75) is 26.2 Å². The maximum Gasteiger partial charge on any atom is 0.315 e. The lowest BCUT2D eigenvalue weighted by Gasteiger charge is -2.28. The first-order valence-electron chi connectivity index (χ1n) is 7.71. The van der Waals surface area contributed by atoms with E-state index in [0.717, 1.165) is 0 Å². The van der Waals surface area contributed by atoms with Crippen LogP contribution >= 0.6 is 0 Å². The Morgan fingerprint density at radius 3 is 1.68 bits per heavy atom. The van der Waals surface area contributed by atoms with Crippen LogP contribution in [0.1, 0.15) is 42.0 Å². The number of carbonyl (C=O) groups excluding carboxylic acids is 2. The standard InChI is InChI=1S/C19H16O6/c1-10(20)24-16-7-3-5-12-14(16)9-15-13(18(12)19(22)23)6-4-8-17(15)25-11(2)21/h3-8,18H,9H2,1-2H3,(H,22,23). The predicted octanol–water partition coefficient (Wildman–Crippen LogP) is 2.66. The summed E-state index contributed by atoms with van der Waals surface area (Å²) in [6.07, 6.45) is 0.307. The summed E-state index contributed by atoms with van der Waals surface area (Å²) < 4.78 is 10.5. The molecule has 0 heterocycles. The van der Waals surface area contributed by atoms with Gasteiger partial charge in [0.25, 0.3) is 0 Å². The Morgan fingerprint density at radius 2 is 1.32 bits per heavy atom. The van der Waals surface area contributed by atoms with E-state index >= 15 is 0 Å². The summed E-state index contributed by atoms with van der Waals surface area (Å²) in [5.41, 5.74) is 2.35. The molecule has 0 radical (unpaired) electrons. The smallest absolute Gasteiger partial charge is 0.315 e. The van der Waals surface area contributed by atoms with Crippen LogP contribution in [0.5, 0.6) is 11.5 Å². The molecule has 0 aromatic heterocycles. The largest absolute Gasteiger partial charge is 0.481 e. The zero-order chi connectivity index (χ0) is 18.1. The molecule has 1 N–H and O–H groups in total. The molecule has 6 heteroatoms. The van der Waals surface area contributed by atoms with Crippen LogP contribution in [-0.4, -0.2) is 23.0 Å². The van der Waals surface area contributed by atoms with Gasteiger partial charge in [-0.1, -0.05) is 24.3 Å². The molecule has 3 rings (SSSR count). The Balaban J connectivity index is 2.21. The van der Waals surface area contributed by atoms with Crippen molar-refractivity contribution in [1.29, 1.82) is 0 Å². The summed E-state index contributed by atoms with van der Waals surface area (Å²) in [6, 6.07) is 9.99. The topological polar surface area (TPSA) is 89.9 Å². The lowest BCUT2D eigenvalue weighted by Crippen LogP contribution is -2.23. The summed E-state index contributed by atoms with van der Waals surface area (Å²) in [5, 5.41) is 9.76. The number of hydrogen-bond acceptors (Lipinski definition) is 5. The average Bonchev–Trinajstić information content (AvgIpc) is 2.52. The van der Waals surface area contributed by atoms with Gasteiger partial charge in [0.15, 0.2) is 0 Å². The molecule has 0 atom stereocenters. The maximum absolute atomic E-state index is 11.9. The Bertz CT molecular complexity index is 818. The van der Waals surface area contributed by atoms with Crippen LogP contribution in [0.25, 0.3) is 0 Å². The van der Waals surface area contributed by atoms with Gasteiger partial charge in [-0.25, -0.2) is 0 Å². The van der Waals surface area contributed by atoms with Crippen molar-refractivity contribution in [2.24, 2.45) is 0 Å². The third kappa shape index (κ3) is 3.10. The van der Waals surface area contributed by atoms with Crippen LogP contribution < -0.4 is 9.47 Å². The number of fused-ring (bicyclic) bond motifs is 2. The first-order chi connectivity index (χ1) is 11.9. The minimum Gasteiger partial charge on any atom is -0.481 e. The molecule has 1 aliphatic rings. The Labute approximate surface area is 144 Å². The quantitative estimate of drug-likeness (QED) is 0.682. The second-order valence-corrected chi connectivity index (χ2v) is 5.78. The fraction of sp³-hybridized carbons (Fsp3) is 0.211. The predicted molar refractivity (Wildman–Crippen MR) is 87.8 cm³/mol. The fourth-order valence-corrected chi connectivity index (χ4v) is 3.20. The van der Waals surface area contributed by atoms with Crippen molar-refractivity contribution in [3.63, 3.8) is 0 Å². The van der Waals surface area contributed by atoms with Crippen LogP contribution in [-0.2, 0) is 20.8 Å². The number of esters is 2. The van der Waals surface area contributed by atoms with E-state index in [9.17, 15) is 19.5 Å². The lowest BCUT2D eigenvalue weighted by molar-refractivity contribution is -0.137. The second kappa shape index (κ2) is 6.39. The molecular weight excluding hydrogens is 324 g/mol. The summed E-state index contributed by atoms with van der Waals surface area (Å²) in [4.78, 5) is 34.7. The molecule has 0 fully saturated rings.